The predicted octanol–water partition coefficient (Wildman–Crippen LogP) is 3.60. The molecule has 21 heavy (non-hydrogen) atoms. The van der Waals surface area contributed by atoms with E-state index < -0.39 is 5.97 Å². The lowest BCUT2D eigenvalue weighted by molar-refractivity contribution is -0.137. The summed E-state index contributed by atoms with van der Waals surface area (Å²) in [7, 11) is 0. The molecule has 2 N–H and O–H groups in total. The molecule has 0 fully saturated rings. The number of nitrogens with zero attached hydrogens (tertiary/aromatic N) is 2. The van der Waals surface area contributed by atoms with E-state index in [-0.39, 0.29) is 17.9 Å². The van der Waals surface area contributed by atoms with Gasteiger partial charge in [-0.1, -0.05) is 34.6 Å². The molecule has 0 aliphatic heterocycles. The Morgan fingerprint density at radius 1 is 1.33 bits per heavy atom. The monoisotopic (exact) mass is 293 g/mol. The molecule has 0 aliphatic carbocycles. The molecule has 0 saturated carbocycles. The third-order valence-corrected chi connectivity index (χ3v) is 3.08. The molecule has 5 nitrogen and oxygen atoms in total. The maximum absolute atomic E-state index is 11.0. The summed E-state index contributed by atoms with van der Waals surface area (Å²) in [6.45, 7) is 12.4. The molecule has 0 aliphatic rings. The Hall–Kier alpha value is -1.65. The van der Waals surface area contributed by atoms with Crippen LogP contribution in [0.2, 0.25) is 0 Å². The van der Waals surface area contributed by atoms with E-state index in [0.717, 1.165) is 17.8 Å². The van der Waals surface area contributed by atoms with Gasteiger partial charge in [-0.25, -0.2) is 9.97 Å². The minimum Gasteiger partial charge on any atom is -0.481 e. The van der Waals surface area contributed by atoms with Gasteiger partial charge in [-0.3, -0.25) is 4.79 Å². The van der Waals surface area contributed by atoms with Gasteiger partial charge in [0.25, 0.3) is 0 Å². The SMILES string of the molecule is Cc1cc(C(C)C)nc(NC(CC(=O)O)CC(C)(C)C)n1. The number of aryl methyl sites for hydroxylation is 1. The lowest BCUT2D eigenvalue weighted by Gasteiger charge is -2.26. The normalized spacial score (nSPS) is 13.3. The molecule has 118 valence electrons. The van der Waals surface area contributed by atoms with Crippen LogP contribution in [0, 0.1) is 12.3 Å². The zero-order chi connectivity index (χ0) is 16.2. The van der Waals surface area contributed by atoms with Crippen LogP contribution in [0.15, 0.2) is 6.07 Å². The van der Waals surface area contributed by atoms with Crippen molar-refractivity contribution >= 4 is 11.9 Å². The summed E-state index contributed by atoms with van der Waals surface area (Å²) in [5.74, 6) is 0.0236. The second kappa shape index (κ2) is 6.87. The van der Waals surface area contributed by atoms with Crippen molar-refractivity contribution in [1.82, 2.24) is 9.97 Å². The van der Waals surface area contributed by atoms with Gasteiger partial charge in [-0.05, 0) is 30.7 Å². The molecular weight excluding hydrogens is 266 g/mol. The van der Waals surface area contributed by atoms with Crippen LogP contribution < -0.4 is 5.32 Å². The first kappa shape index (κ1) is 17.4. The molecule has 0 bridgehead atoms. The van der Waals surface area contributed by atoms with Crippen LogP contribution in [0.3, 0.4) is 0 Å². The molecule has 1 aromatic heterocycles. The van der Waals surface area contributed by atoms with E-state index >= 15 is 0 Å². The molecule has 1 atom stereocenters. The number of anilines is 1. The van der Waals surface area contributed by atoms with Gasteiger partial charge in [-0.15, -0.1) is 0 Å². The highest BCUT2D eigenvalue weighted by Gasteiger charge is 2.22. The van der Waals surface area contributed by atoms with Crippen LogP contribution in [-0.4, -0.2) is 27.1 Å². The molecule has 0 saturated heterocycles. The van der Waals surface area contributed by atoms with E-state index in [9.17, 15) is 4.79 Å². The number of carboxylic acid groups (broad SMARTS) is 1. The van der Waals surface area contributed by atoms with Gasteiger partial charge in [-0.2, -0.15) is 0 Å². The quantitative estimate of drug-likeness (QED) is 0.838. The van der Waals surface area contributed by atoms with Gasteiger partial charge in [0, 0.05) is 17.4 Å². The van der Waals surface area contributed by atoms with Crippen molar-refractivity contribution in [2.24, 2.45) is 5.41 Å². The van der Waals surface area contributed by atoms with Crippen LogP contribution in [0.4, 0.5) is 5.95 Å². The number of hydrogen-bond donors (Lipinski definition) is 2. The Bertz CT molecular complexity index is 493. The van der Waals surface area contributed by atoms with Crippen molar-refractivity contribution < 1.29 is 9.90 Å². The van der Waals surface area contributed by atoms with Crippen LogP contribution >= 0.6 is 0 Å². The van der Waals surface area contributed by atoms with E-state index in [2.05, 4.69) is 49.9 Å². The lowest BCUT2D eigenvalue weighted by atomic mass is 9.87. The van der Waals surface area contributed by atoms with Gasteiger partial charge in [0.2, 0.25) is 5.95 Å². The largest absolute Gasteiger partial charge is 0.481 e. The van der Waals surface area contributed by atoms with E-state index in [0.29, 0.717) is 11.9 Å². The highest BCUT2D eigenvalue weighted by atomic mass is 16.4. The number of aliphatic carboxylic acids is 1. The number of nitrogens with one attached hydrogen (secondary N) is 1. The Kier molecular flexibility index (Phi) is 5.70. The van der Waals surface area contributed by atoms with E-state index in [1.165, 1.54) is 0 Å². The fraction of sp³-hybridized carbons (Fsp3) is 0.688. The van der Waals surface area contributed by atoms with Gasteiger partial charge < -0.3 is 10.4 Å². The van der Waals surface area contributed by atoms with Crippen molar-refractivity contribution in [2.45, 2.75) is 66.3 Å². The van der Waals surface area contributed by atoms with E-state index in [1.807, 2.05) is 13.0 Å². The summed E-state index contributed by atoms with van der Waals surface area (Å²) in [6, 6.07) is 1.79. The molecule has 0 spiro atoms. The highest BCUT2D eigenvalue weighted by molar-refractivity contribution is 5.68. The first-order valence-electron chi connectivity index (χ1n) is 7.41. The predicted molar refractivity (Wildman–Crippen MR) is 84.6 cm³/mol. The van der Waals surface area contributed by atoms with Gasteiger partial charge in [0.1, 0.15) is 0 Å². The van der Waals surface area contributed by atoms with Gasteiger partial charge >= 0.3 is 5.97 Å². The molecule has 1 rings (SSSR count). The Morgan fingerprint density at radius 3 is 2.43 bits per heavy atom. The summed E-state index contributed by atoms with van der Waals surface area (Å²) in [5, 5.41) is 12.3. The van der Waals surface area contributed by atoms with Gasteiger partial charge in [0.05, 0.1) is 6.42 Å². The Morgan fingerprint density at radius 2 is 1.95 bits per heavy atom. The molecule has 0 radical (unpaired) electrons. The van der Waals surface area contributed by atoms with Gasteiger partial charge in [0.15, 0.2) is 0 Å². The van der Waals surface area contributed by atoms with Crippen molar-refractivity contribution in [3.63, 3.8) is 0 Å². The number of aromatic nitrogens is 2. The van der Waals surface area contributed by atoms with Crippen molar-refractivity contribution in [3.8, 4) is 0 Å². The second-order valence-electron chi connectivity index (χ2n) is 7.12. The smallest absolute Gasteiger partial charge is 0.305 e. The molecule has 1 unspecified atom stereocenters. The second-order valence-corrected chi connectivity index (χ2v) is 7.12. The summed E-state index contributed by atoms with van der Waals surface area (Å²) in [6.07, 6.45) is 0.805. The minimum absolute atomic E-state index is 0.0395. The number of carboxylic acids is 1. The molecule has 0 aromatic carbocycles. The molecule has 5 heteroatoms. The fourth-order valence-electron chi connectivity index (χ4n) is 2.26. The average molecular weight is 293 g/mol. The first-order chi connectivity index (χ1) is 9.56. The van der Waals surface area contributed by atoms with E-state index in [1.54, 1.807) is 0 Å². The zero-order valence-electron chi connectivity index (χ0n) is 13.9. The Labute approximate surface area is 127 Å². The maximum atomic E-state index is 11.0. The summed E-state index contributed by atoms with van der Waals surface area (Å²) in [5.41, 5.74) is 1.90. The minimum atomic E-state index is -0.812. The van der Waals surface area contributed by atoms with Crippen LogP contribution in [0.1, 0.15) is 64.8 Å². The standard InChI is InChI=1S/C16H27N3O2/c1-10(2)13-7-11(3)17-15(19-13)18-12(8-14(20)21)9-16(4,5)6/h7,10,12H,8-9H2,1-6H3,(H,20,21)(H,17,18,19). The van der Waals surface area contributed by atoms with Crippen LogP contribution in [0.5, 0.6) is 0 Å². The summed E-state index contributed by atoms with van der Waals surface area (Å²) in [4.78, 5) is 19.9. The molecular formula is C16H27N3O2. The number of rotatable bonds is 6. The van der Waals surface area contributed by atoms with Crippen molar-refractivity contribution in [1.29, 1.82) is 0 Å². The zero-order valence-corrected chi connectivity index (χ0v) is 13.9. The fourth-order valence-corrected chi connectivity index (χ4v) is 2.26. The van der Waals surface area contributed by atoms with Crippen molar-refractivity contribution in [2.75, 3.05) is 5.32 Å². The molecule has 1 heterocycles. The summed E-state index contributed by atoms with van der Waals surface area (Å²) < 4.78 is 0. The van der Waals surface area contributed by atoms with Crippen LogP contribution in [0.25, 0.3) is 0 Å². The third kappa shape index (κ3) is 6.56. The van der Waals surface area contributed by atoms with Crippen LogP contribution in [-0.2, 0) is 4.79 Å². The highest BCUT2D eigenvalue weighted by Crippen LogP contribution is 2.24. The Balaban J connectivity index is 2.94. The number of carbonyl (C=O) groups is 1. The molecule has 0 amide bonds. The average Bonchev–Trinajstić information content (AvgIpc) is 2.24. The number of hydrogen-bond acceptors (Lipinski definition) is 4. The van der Waals surface area contributed by atoms with Crippen molar-refractivity contribution in [3.05, 3.63) is 17.5 Å². The topological polar surface area (TPSA) is 75.1 Å². The molecule has 1 aromatic rings. The third-order valence-electron chi connectivity index (χ3n) is 3.08. The maximum Gasteiger partial charge on any atom is 0.305 e. The van der Waals surface area contributed by atoms with E-state index in [4.69, 9.17) is 5.11 Å². The first-order valence-corrected chi connectivity index (χ1v) is 7.41. The summed E-state index contributed by atoms with van der Waals surface area (Å²) >= 11 is 0. The lowest BCUT2D eigenvalue weighted by Crippen LogP contribution is -2.29.